The van der Waals surface area contributed by atoms with E-state index >= 15 is 0 Å². The van der Waals surface area contributed by atoms with Crippen LogP contribution in [-0.2, 0) is 0 Å². The molecule has 0 saturated carbocycles. The fraction of sp³-hybridized carbons (Fsp3) is 0.0345. The maximum absolute atomic E-state index is 13.2. The predicted molar refractivity (Wildman–Crippen MR) is 151 cm³/mol. The fourth-order valence-electron chi connectivity index (χ4n) is 6.05. The number of nitrogens with zero attached hydrogens (tertiary/aromatic N) is 6. The summed E-state index contributed by atoms with van der Waals surface area (Å²) in [7, 11) is 1.31. The van der Waals surface area contributed by atoms with Gasteiger partial charge in [0, 0.05) is 45.3 Å². The molecule has 0 N–H and O–H groups in total. The molecule has 0 radical (unpaired) electrons. The average molecular weight is 630 g/mol. The molecule has 40 heavy (non-hydrogen) atoms. The van der Waals surface area contributed by atoms with Crippen molar-refractivity contribution in [2.24, 2.45) is 0 Å². The monoisotopic (exact) mass is 630 g/mol. The molecule has 5 aromatic carbocycles. The van der Waals surface area contributed by atoms with Crippen LogP contribution in [0, 0.1) is 35.8 Å². The summed E-state index contributed by atoms with van der Waals surface area (Å²) in [6.07, 6.45) is 0. The van der Waals surface area contributed by atoms with Crippen LogP contribution in [0.2, 0.25) is 0 Å². The first-order valence-electron chi connectivity index (χ1n) is 11.5. The number of imide groups is 2. The van der Waals surface area contributed by atoms with Crippen LogP contribution >= 0.6 is 22.9 Å². The van der Waals surface area contributed by atoms with Gasteiger partial charge in [-0.1, -0.05) is 0 Å². The van der Waals surface area contributed by atoms with Crippen molar-refractivity contribution in [3.63, 3.8) is 0 Å². The molecule has 0 unspecified atom stereocenters. The van der Waals surface area contributed by atoms with E-state index in [1.54, 1.807) is 22.9 Å². The van der Waals surface area contributed by atoms with Gasteiger partial charge in [-0.2, -0.15) is 10.5 Å². The van der Waals surface area contributed by atoms with E-state index in [-0.39, 0.29) is 87.8 Å². The van der Waals surface area contributed by atoms with Gasteiger partial charge in [0.2, 0.25) is 0 Å². The molecule has 0 spiro atoms. The predicted octanol–water partition coefficient (Wildman–Crippen LogP) is 5.75. The molecule has 0 atom stereocenters. The molecule has 0 bridgehead atoms. The van der Waals surface area contributed by atoms with Crippen LogP contribution in [0.3, 0.4) is 0 Å². The first-order valence-corrected chi connectivity index (χ1v) is 12.4. The lowest BCUT2D eigenvalue weighted by molar-refractivity contribution is 0.0648. The summed E-state index contributed by atoms with van der Waals surface area (Å²) in [5.41, 5.74) is 0.274. The maximum atomic E-state index is 13.2. The average Bonchev–Trinajstić information content (AvgIpc) is 2.98. The minimum atomic E-state index is -0.649. The van der Waals surface area contributed by atoms with Gasteiger partial charge in [-0.25, -0.2) is 12.8 Å². The van der Waals surface area contributed by atoms with Crippen molar-refractivity contribution in [3.05, 3.63) is 80.5 Å². The Morgan fingerprint density at radius 2 is 1.00 bits per heavy atom. The summed E-state index contributed by atoms with van der Waals surface area (Å²) in [5, 5.41) is 22.2. The molecular formula is C29H7IN6O4. The molecule has 4 amide bonds. The van der Waals surface area contributed by atoms with Gasteiger partial charge in [0.25, 0.3) is 23.6 Å². The highest BCUT2D eigenvalue weighted by molar-refractivity contribution is 14.1. The molecule has 5 aromatic rings. The van der Waals surface area contributed by atoms with Crippen LogP contribution in [0.25, 0.3) is 52.8 Å². The van der Waals surface area contributed by atoms with Crippen molar-refractivity contribution in [1.82, 2.24) is 8.01 Å². The van der Waals surface area contributed by atoms with Crippen molar-refractivity contribution < 1.29 is 19.2 Å². The zero-order valence-corrected chi connectivity index (χ0v) is 22.2. The maximum Gasteiger partial charge on any atom is 0.270 e. The zero-order chi connectivity index (χ0) is 28.4. The first kappa shape index (κ1) is 23.5. The van der Waals surface area contributed by atoms with Crippen LogP contribution in [0.5, 0.6) is 0 Å². The van der Waals surface area contributed by atoms with Gasteiger partial charge in [0.1, 0.15) is 0 Å². The van der Waals surface area contributed by atoms with Crippen LogP contribution in [-0.4, -0.2) is 38.7 Å². The molecule has 0 aliphatic carbocycles. The Morgan fingerprint density at radius 1 is 0.625 bits per heavy atom. The lowest BCUT2D eigenvalue weighted by Crippen LogP contribution is -2.37. The first-order chi connectivity index (χ1) is 19.2. The number of nitriles is 2. The van der Waals surface area contributed by atoms with E-state index in [1.807, 2.05) is 0 Å². The minimum Gasteiger partial charge on any atom is -0.278 e. The minimum absolute atomic E-state index is 0.00197. The molecule has 10 nitrogen and oxygen atoms in total. The summed E-state index contributed by atoms with van der Waals surface area (Å²) in [6.45, 7) is 16.0. The van der Waals surface area contributed by atoms with E-state index in [1.165, 1.54) is 31.3 Å². The Morgan fingerprint density at radius 3 is 1.40 bits per heavy atom. The molecule has 11 heteroatoms. The van der Waals surface area contributed by atoms with Crippen molar-refractivity contribution in [3.8, 4) is 12.1 Å². The van der Waals surface area contributed by atoms with Gasteiger partial charge in [-0.05, 0) is 45.8 Å². The molecule has 2 aliphatic rings. The highest BCUT2D eigenvalue weighted by atomic mass is 127. The van der Waals surface area contributed by atoms with Crippen molar-refractivity contribution in [2.75, 3.05) is 7.05 Å². The molecular weight excluding hydrogens is 623 g/mol. The second-order valence-corrected chi connectivity index (χ2v) is 10.3. The molecule has 184 valence electrons. The number of fused-ring (bicyclic) bond motifs is 2. The standard InChI is InChI=1S/C29H7IN6O4/c1-33-16-6-14-20-12(26(37)35(3)27(14)38)4-10(8-31)18-19-11(9-32)5-13-21-15(29(40)36(30)28(13)39)7-17(34-2)23(25(19)21)22(16)24(18)20/h4-7H,3H3. The Bertz CT molecular complexity index is 2060. The number of hydrogen-bond acceptors (Lipinski definition) is 6. The Balaban J connectivity index is 1.97. The summed E-state index contributed by atoms with van der Waals surface area (Å²) < 4.78 is 0.882. The molecule has 2 heterocycles. The largest absolute Gasteiger partial charge is 0.278 e. The van der Waals surface area contributed by atoms with E-state index in [4.69, 9.17) is 13.1 Å². The molecule has 0 saturated heterocycles. The molecule has 0 fully saturated rings. The number of amides is 4. The van der Waals surface area contributed by atoms with Crippen LogP contribution < -0.4 is 0 Å². The van der Waals surface area contributed by atoms with E-state index in [0.29, 0.717) is 0 Å². The lowest BCUT2D eigenvalue weighted by atomic mass is 9.78. The quantitative estimate of drug-likeness (QED) is 0.0535. The summed E-state index contributed by atoms with van der Waals surface area (Å²) in [5.74, 6) is -2.57. The van der Waals surface area contributed by atoms with E-state index < -0.39 is 23.6 Å². The number of carbonyl (C=O) groups excluding carboxylic acids is 4. The van der Waals surface area contributed by atoms with Crippen molar-refractivity contribution >= 4 is 101 Å². The van der Waals surface area contributed by atoms with Crippen LogP contribution in [0.15, 0.2) is 24.3 Å². The summed E-state index contributed by atoms with van der Waals surface area (Å²) >= 11 is 1.58. The number of hydrogen-bond donors (Lipinski definition) is 0. The number of carbonyl (C=O) groups is 4. The molecule has 7 rings (SSSR count). The van der Waals surface area contributed by atoms with E-state index in [2.05, 4.69) is 21.8 Å². The third-order valence-corrected chi connectivity index (χ3v) is 8.51. The lowest BCUT2D eigenvalue weighted by Gasteiger charge is -2.29. The highest BCUT2D eigenvalue weighted by Gasteiger charge is 2.38. The molecule has 2 aliphatic heterocycles. The van der Waals surface area contributed by atoms with Gasteiger partial charge < -0.3 is 0 Å². The smallest absolute Gasteiger partial charge is 0.270 e. The topological polar surface area (TPSA) is 131 Å². The third-order valence-electron chi connectivity index (χ3n) is 7.64. The van der Waals surface area contributed by atoms with Gasteiger partial charge in [0.05, 0.1) is 64.8 Å². The highest BCUT2D eigenvalue weighted by Crippen LogP contribution is 2.53. The van der Waals surface area contributed by atoms with E-state index in [0.717, 1.165) is 8.01 Å². The van der Waals surface area contributed by atoms with Crippen LogP contribution in [0.4, 0.5) is 11.4 Å². The van der Waals surface area contributed by atoms with Gasteiger partial charge in [0.15, 0.2) is 11.4 Å². The van der Waals surface area contributed by atoms with Crippen LogP contribution in [0.1, 0.15) is 52.6 Å². The van der Waals surface area contributed by atoms with Crippen molar-refractivity contribution in [2.45, 2.75) is 0 Å². The SMILES string of the molecule is [C-]#[N+]c1cc2c3c(cc(C#N)c4c5c(C#N)cc6c7c(cc([N+]#[C-])c(c1c34)c75)C(=O)N(I)C6=O)C(=O)N(C)C2=O. The Hall–Kier alpha value is -5.63. The fourth-order valence-corrected chi connectivity index (χ4v) is 6.57. The number of benzene rings is 5. The second kappa shape index (κ2) is 7.48. The van der Waals surface area contributed by atoms with Gasteiger partial charge in [-0.3, -0.25) is 24.1 Å². The second-order valence-electron chi connectivity index (χ2n) is 9.34. The van der Waals surface area contributed by atoms with Gasteiger partial charge in [-0.15, -0.1) is 0 Å². The Kier molecular flexibility index (Phi) is 4.39. The van der Waals surface area contributed by atoms with Crippen molar-refractivity contribution in [1.29, 1.82) is 10.5 Å². The third kappa shape index (κ3) is 2.44. The number of halogens is 1. The number of rotatable bonds is 0. The van der Waals surface area contributed by atoms with Gasteiger partial charge >= 0.3 is 0 Å². The normalized spacial score (nSPS) is 14.2. The summed E-state index contributed by atoms with van der Waals surface area (Å²) in [4.78, 5) is 61.2. The van der Waals surface area contributed by atoms with E-state index in [9.17, 15) is 29.7 Å². The molecule has 0 aromatic heterocycles. The Labute approximate surface area is 237 Å². The zero-order valence-electron chi connectivity index (χ0n) is 20.0. The summed E-state index contributed by atoms with van der Waals surface area (Å²) in [6, 6.07) is 9.60.